The Morgan fingerprint density at radius 1 is 1.17 bits per heavy atom. The lowest BCUT2D eigenvalue weighted by molar-refractivity contribution is -0.122. The van der Waals surface area contributed by atoms with Gasteiger partial charge in [-0.05, 0) is 70.2 Å². The highest BCUT2D eigenvalue weighted by Gasteiger charge is 2.45. The fraction of sp³-hybridized carbons (Fsp3) is 0.455. The summed E-state index contributed by atoms with van der Waals surface area (Å²) in [6, 6.07) is 4.21. The second kappa shape index (κ2) is 5.90. The van der Waals surface area contributed by atoms with E-state index in [9.17, 15) is 13.6 Å². The number of aromatic nitrogens is 3. The summed E-state index contributed by atoms with van der Waals surface area (Å²) in [5.74, 6) is 0.109. The van der Waals surface area contributed by atoms with Gasteiger partial charge >= 0.3 is 0 Å². The van der Waals surface area contributed by atoms with E-state index in [1.807, 2.05) is 32.6 Å². The number of hydrogen-bond donors (Lipinski definition) is 2. The maximum Gasteiger partial charge on any atom is 0.280 e. The normalized spacial score (nSPS) is 17.8. The Kier molecular flexibility index (Phi) is 3.73. The van der Waals surface area contributed by atoms with Gasteiger partial charge in [0, 0.05) is 28.2 Å². The monoisotopic (exact) mass is 398 g/mol. The SMILES string of the molecule is CC(C)N1C(=O)C(C)(C)c2cc3[nH]c4c(c3cc21)CCCc1c-4n[nH]c1C(F)F. The van der Waals surface area contributed by atoms with Crippen LogP contribution in [0.1, 0.15) is 62.9 Å². The summed E-state index contributed by atoms with van der Waals surface area (Å²) in [6.45, 7) is 7.95. The molecule has 152 valence electrons. The van der Waals surface area contributed by atoms with Gasteiger partial charge in [-0.3, -0.25) is 9.89 Å². The molecule has 1 amide bonds. The smallest absolute Gasteiger partial charge is 0.280 e. The molecule has 0 fully saturated rings. The van der Waals surface area contributed by atoms with Crippen molar-refractivity contribution in [3.05, 3.63) is 34.5 Å². The third kappa shape index (κ3) is 2.36. The number of fused-ring (bicyclic) bond motifs is 6. The molecule has 1 aliphatic heterocycles. The minimum absolute atomic E-state index is 0.0598. The molecule has 2 N–H and O–H groups in total. The van der Waals surface area contributed by atoms with Crippen LogP contribution in [-0.4, -0.2) is 27.1 Å². The second-order valence-corrected chi connectivity index (χ2v) is 8.91. The number of hydrogen-bond acceptors (Lipinski definition) is 2. The molecule has 3 heterocycles. The Bertz CT molecular complexity index is 1160. The van der Waals surface area contributed by atoms with E-state index in [1.165, 1.54) is 0 Å². The van der Waals surface area contributed by atoms with Crippen LogP contribution in [0, 0.1) is 0 Å². The fourth-order valence-corrected chi connectivity index (χ4v) is 4.95. The lowest BCUT2D eigenvalue weighted by Crippen LogP contribution is -2.40. The molecular formula is C22H24F2N4O. The van der Waals surface area contributed by atoms with Gasteiger partial charge in [0.2, 0.25) is 5.91 Å². The number of benzene rings is 1. The van der Waals surface area contributed by atoms with Crippen molar-refractivity contribution in [2.75, 3.05) is 4.90 Å². The first kappa shape index (κ1) is 18.3. The topological polar surface area (TPSA) is 64.8 Å². The summed E-state index contributed by atoms with van der Waals surface area (Å²) < 4.78 is 26.8. The molecular weight excluding hydrogens is 374 g/mol. The average Bonchev–Trinajstić information content (AvgIpc) is 3.23. The lowest BCUT2D eigenvalue weighted by atomic mass is 9.85. The van der Waals surface area contributed by atoms with E-state index in [0.29, 0.717) is 17.7 Å². The Balaban J connectivity index is 1.76. The van der Waals surface area contributed by atoms with Crippen molar-refractivity contribution < 1.29 is 13.6 Å². The Morgan fingerprint density at radius 3 is 2.59 bits per heavy atom. The van der Waals surface area contributed by atoms with Crippen molar-refractivity contribution >= 4 is 22.5 Å². The molecule has 0 unspecified atom stereocenters. The zero-order valence-corrected chi connectivity index (χ0v) is 17.0. The molecule has 0 saturated heterocycles. The standard InChI is InChI=1S/C22H24F2N4O/c1-10(2)28-16-8-13-11-6-5-7-12-18(26-27-19(12)20(23)24)17(11)25-15(13)9-14(16)22(3,4)21(28)29/h8-10,20,25H,5-7H2,1-4H3,(H,26,27). The zero-order valence-electron chi connectivity index (χ0n) is 17.0. The molecule has 1 aliphatic carbocycles. The van der Waals surface area contributed by atoms with E-state index in [1.54, 1.807) is 0 Å². The third-order valence-electron chi connectivity index (χ3n) is 6.43. The van der Waals surface area contributed by atoms with Crippen molar-refractivity contribution in [2.45, 2.75) is 64.8 Å². The first-order chi connectivity index (χ1) is 13.7. The van der Waals surface area contributed by atoms with Crippen molar-refractivity contribution in [1.29, 1.82) is 0 Å². The van der Waals surface area contributed by atoms with Gasteiger partial charge in [0.25, 0.3) is 6.43 Å². The summed E-state index contributed by atoms with van der Waals surface area (Å²) in [5.41, 5.74) is 5.31. The van der Waals surface area contributed by atoms with Crippen LogP contribution in [0.25, 0.3) is 22.3 Å². The predicted molar refractivity (Wildman–Crippen MR) is 109 cm³/mol. The minimum atomic E-state index is -2.56. The van der Waals surface area contributed by atoms with Crippen LogP contribution in [-0.2, 0) is 23.1 Å². The Labute approximate surface area is 167 Å². The van der Waals surface area contributed by atoms with Gasteiger partial charge < -0.3 is 9.88 Å². The molecule has 0 radical (unpaired) electrons. The second-order valence-electron chi connectivity index (χ2n) is 8.91. The maximum atomic E-state index is 13.4. The number of aromatic amines is 2. The minimum Gasteiger partial charge on any atom is -0.353 e. The van der Waals surface area contributed by atoms with Crippen LogP contribution in [0.15, 0.2) is 12.1 Å². The van der Waals surface area contributed by atoms with Crippen LogP contribution in [0.5, 0.6) is 0 Å². The Hall–Kier alpha value is -2.70. The van der Waals surface area contributed by atoms with E-state index in [2.05, 4.69) is 27.3 Å². The average molecular weight is 398 g/mol. The molecule has 0 spiro atoms. The summed E-state index contributed by atoms with van der Waals surface area (Å²) >= 11 is 0. The van der Waals surface area contributed by atoms with Crippen molar-refractivity contribution in [1.82, 2.24) is 15.2 Å². The van der Waals surface area contributed by atoms with Crippen LogP contribution < -0.4 is 4.90 Å². The van der Waals surface area contributed by atoms with Crippen LogP contribution >= 0.6 is 0 Å². The molecule has 0 bridgehead atoms. The first-order valence-corrected chi connectivity index (χ1v) is 10.1. The van der Waals surface area contributed by atoms with Crippen molar-refractivity contribution in [3.63, 3.8) is 0 Å². The van der Waals surface area contributed by atoms with Gasteiger partial charge in [0.05, 0.1) is 11.1 Å². The number of carbonyl (C=O) groups is 1. The van der Waals surface area contributed by atoms with Gasteiger partial charge in [0.15, 0.2) is 0 Å². The number of anilines is 1. The number of rotatable bonds is 2. The predicted octanol–water partition coefficient (Wildman–Crippen LogP) is 5.02. The molecule has 1 aromatic carbocycles. The van der Waals surface area contributed by atoms with Crippen LogP contribution in [0.3, 0.4) is 0 Å². The maximum absolute atomic E-state index is 13.4. The quantitative estimate of drug-likeness (QED) is 0.637. The number of carbonyl (C=O) groups excluding carboxylic acids is 1. The lowest BCUT2D eigenvalue weighted by Gasteiger charge is -2.24. The number of H-pyrrole nitrogens is 2. The zero-order chi connectivity index (χ0) is 20.7. The number of halogens is 2. The van der Waals surface area contributed by atoms with Crippen molar-refractivity contribution in [2.24, 2.45) is 0 Å². The highest BCUT2D eigenvalue weighted by Crippen LogP contribution is 2.47. The largest absolute Gasteiger partial charge is 0.353 e. The van der Waals surface area contributed by atoms with Crippen LogP contribution in [0.4, 0.5) is 14.5 Å². The Morgan fingerprint density at radius 2 is 1.90 bits per heavy atom. The van der Waals surface area contributed by atoms with Gasteiger partial charge in [0.1, 0.15) is 11.4 Å². The van der Waals surface area contributed by atoms with E-state index in [-0.39, 0.29) is 17.6 Å². The molecule has 0 atom stereocenters. The van der Waals surface area contributed by atoms with Gasteiger partial charge in [-0.1, -0.05) is 0 Å². The van der Waals surface area contributed by atoms with Gasteiger partial charge in [-0.2, -0.15) is 5.10 Å². The fourth-order valence-electron chi connectivity index (χ4n) is 4.95. The number of aryl methyl sites for hydroxylation is 1. The summed E-state index contributed by atoms with van der Waals surface area (Å²) in [6.07, 6.45) is -0.426. The van der Waals surface area contributed by atoms with E-state index < -0.39 is 11.8 Å². The van der Waals surface area contributed by atoms with Crippen LogP contribution in [0.2, 0.25) is 0 Å². The molecule has 2 aliphatic rings. The van der Waals surface area contributed by atoms with Crippen molar-refractivity contribution in [3.8, 4) is 11.4 Å². The summed E-state index contributed by atoms with van der Waals surface area (Å²) in [4.78, 5) is 18.3. The number of nitrogens with zero attached hydrogens (tertiary/aromatic N) is 2. The molecule has 3 aromatic rings. The highest BCUT2D eigenvalue weighted by molar-refractivity contribution is 6.10. The van der Waals surface area contributed by atoms with Gasteiger partial charge in [-0.25, -0.2) is 8.78 Å². The summed E-state index contributed by atoms with van der Waals surface area (Å²) in [5, 5.41) is 7.82. The molecule has 29 heavy (non-hydrogen) atoms. The van der Waals surface area contributed by atoms with E-state index in [0.717, 1.165) is 46.3 Å². The third-order valence-corrected chi connectivity index (χ3v) is 6.43. The summed E-state index contributed by atoms with van der Waals surface area (Å²) in [7, 11) is 0. The molecule has 5 nitrogen and oxygen atoms in total. The molecule has 5 rings (SSSR count). The van der Waals surface area contributed by atoms with E-state index in [4.69, 9.17) is 0 Å². The van der Waals surface area contributed by atoms with E-state index >= 15 is 0 Å². The number of nitrogens with one attached hydrogen (secondary N) is 2. The molecule has 2 aromatic heterocycles. The number of alkyl halides is 2. The molecule has 0 saturated carbocycles. The first-order valence-electron chi connectivity index (χ1n) is 10.1. The number of amides is 1. The van der Waals surface area contributed by atoms with Gasteiger partial charge in [-0.15, -0.1) is 0 Å². The highest BCUT2D eigenvalue weighted by atomic mass is 19.3. The molecule has 7 heteroatoms.